The van der Waals surface area contributed by atoms with E-state index in [2.05, 4.69) is 164 Å². The van der Waals surface area contributed by atoms with Gasteiger partial charge in [-0.15, -0.1) is 0 Å². The van der Waals surface area contributed by atoms with Crippen molar-refractivity contribution in [2.75, 3.05) is 13.2 Å². The number of H-pyrrole nitrogens is 2. The van der Waals surface area contributed by atoms with Crippen LogP contribution in [0.1, 0.15) is 65.7 Å². The van der Waals surface area contributed by atoms with Gasteiger partial charge in [0.05, 0.1) is 36.0 Å². The maximum absolute atomic E-state index is 11.8. The van der Waals surface area contributed by atoms with E-state index in [0.29, 0.717) is 19.6 Å². The summed E-state index contributed by atoms with van der Waals surface area (Å²) in [5, 5.41) is 0. The van der Waals surface area contributed by atoms with Gasteiger partial charge in [0.25, 0.3) is 0 Å². The minimum absolute atomic E-state index is 0.165. The van der Waals surface area contributed by atoms with Gasteiger partial charge in [-0.25, -0.2) is 9.97 Å². The standard InChI is InChI=1S/C54H48N4O3/c1-5-60-50(59)20-12-13-33-61-38-23-21-37(22-24-38)51-42-25-27-44(55-42)52(39-17-9-6-14-34(39)2)46-29-31-48(57-46)54(41-19-11-8-16-36(41)4)49-32-30-47(58-49)53(45-28-26-43(51)56-45)40-18-10-7-15-35(40)3/h6-11,14-19,21-32,55,58H,5,12-13,20,33H2,1-4H3. The zero-order valence-corrected chi connectivity index (χ0v) is 35.0. The third kappa shape index (κ3) is 7.95. The Kier molecular flexibility index (Phi) is 11.0. The second-order valence-corrected chi connectivity index (χ2v) is 15.6. The second kappa shape index (κ2) is 17.2. The minimum atomic E-state index is -0.165. The lowest BCUT2D eigenvalue weighted by Crippen LogP contribution is -2.05. The van der Waals surface area contributed by atoms with E-state index in [1.807, 2.05) is 19.1 Å². The van der Waals surface area contributed by atoms with Gasteiger partial charge in [-0.2, -0.15) is 0 Å². The lowest BCUT2D eigenvalue weighted by molar-refractivity contribution is -0.143. The molecule has 7 aromatic rings. The summed E-state index contributed by atoms with van der Waals surface area (Å²) in [6.45, 7) is 9.21. The molecule has 9 rings (SSSR count). The summed E-state index contributed by atoms with van der Waals surface area (Å²) in [6, 6.07) is 42.4. The van der Waals surface area contributed by atoms with E-state index >= 15 is 0 Å². The Labute approximate surface area is 356 Å². The van der Waals surface area contributed by atoms with E-state index in [4.69, 9.17) is 19.4 Å². The third-order valence-electron chi connectivity index (χ3n) is 11.5. The van der Waals surface area contributed by atoms with E-state index in [1.54, 1.807) is 0 Å². The van der Waals surface area contributed by atoms with Crippen molar-refractivity contribution in [1.82, 2.24) is 19.9 Å². The minimum Gasteiger partial charge on any atom is -0.494 e. The van der Waals surface area contributed by atoms with Crippen molar-refractivity contribution in [3.8, 4) is 50.3 Å². The number of aromatic amines is 2. The molecule has 0 spiro atoms. The lowest BCUT2D eigenvalue weighted by atomic mass is 9.99. The predicted octanol–water partition coefficient (Wildman–Crippen LogP) is 13.4. The highest BCUT2D eigenvalue weighted by Crippen LogP contribution is 2.40. The number of carbonyl (C=O) groups is 1. The first kappa shape index (κ1) is 39.2. The summed E-state index contributed by atoms with van der Waals surface area (Å²) in [7, 11) is 0. The molecule has 5 heterocycles. The topological polar surface area (TPSA) is 92.9 Å². The van der Waals surface area contributed by atoms with Crippen LogP contribution in [0.4, 0.5) is 0 Å². The quantitative estimate of drug-likeness (QED) is 0.100. The van der Waals surface area contributed by atoms with E-state index in [9.17, 15) is 4.79 Å². The summed E-state index contributed by atoms with van der Waals surface area (Å²) in [6.07, 6.45) is 10.4. The molecule has 0 saturated carbocycles. The summed E-state index contributed by atoms with van der Waals surface area (Å²) < 4.78 is 11.2. The summed E-state index contributed by atoms with van der Waals surface area (Å²) >= 11 is 0. The molecule has 0 fully saturated rings. The van der Waals surface area contributed by atoms with Crippen LogP contribution in [-0.4, -0.2) is 39.1 Å². The number of unbranched alkanes of at least 4 members (excludes halogenated alkanes) is 1. The van der Waals surface area contributed by atoms with Crippen LogP contribution in [-0.2, 0) is 9.53 Å². The number of hydrogen-bond acceptors (Lipinski definition) is 5. The highest BCUT2D eigenvalue weighted by Gasteiger charge is 2.20. The van der Waals surface area contributed by atoms with Gasteiger partial charge in [0, 0.05) is 50.7 Å². The number of aryl methyl sites for hydroxylation is 3. The number of hydrogen-bond donors (Lipinski definition) is 2. The number of benzene rings is 4. The molecule has 8 bridgehead atoms. The average Bonchev–Trinajstić information content (AvgIpc) is 4.11. The molecular formula is C54H48N4O3. The first-order valence-electron chi connectivity index (χ1n) is 21.1. The van der Waals surface area contributed by atoms with Crippen molar-refractivity contribution in [1.29, 1.82) is 0 Å². The Balaban J connectivity index is 1.30. The SMILES string of the molecule is CCOC(=O)CCCCOc1ccc(-c2c3nc(c(-c4ccccc4C)c4ccc([nH]4)c(-c4ccccc4C)c4nc(c(-c5ccccc5C)c5ccc2[nH]5)C=C4)C=C3)cc1. The number of rotatable bonds is 11. The second-order valence-electron chi connectivity index (χ2n) is 15.6. The third-order valence-corrected chi connectivity index (χ3v) is 11.5. The molecule has 2 N–H and O–H groups in total. The highest BCUT2D eigenvalue weighted by atomic mass is 16.5. The van der Waals surface area contributed by atoms with E-state index in [1.165, 1.54) is 5.56 Å². The van der Waals surface area contributed by atoms with Crippen molar-refractivity contribution in [2.24, 2.45) is 0 Å². The molecule has 0 aliphatic carbocycles. The van der Waals surface area contributed by atoms with Crippen LogP contribution in [0.25, 0.3) is 90.9 Å². The number of esters is 1. The predicted molar refractivity (Wildman–Crippen MR) is 251 cm³/mol. The Morgan fingerprint density at radius 1 is 0.508 bits per heavy atom. The number of ether oxygens (including phenoxy) is 2. The zero-order chi connectivity index (χ0) is 41.9. The molecule has 0 unspecified atom stereocenters. The summed E-state index contributed by atoms with van der Waals surface area (Å²) in [5.74, 6) is 0.603. The monoisotopic (exact) mass is 800 g/mol. The Morgan fingerprint density at radius 2 is 0.918 bits per heavy atom. The molecule has 0 atom stereocenters. The van der Waals surface area contributed by atoms with Crippen LogP contribution < -0.4 is 4.74 Å². The molecule has 0 radical (unpaired) electrons. The van der Waals surface area contributed by atoms with Gasteiger partial charge >= 0.3 is 5.97 Å². The van der Waals surface area contributed by atoms with Crippen LogP contribution >= 0.6 is 0 Å². The molecule has 7 heteroatoms. The number of nitrogens with zero attached hydrogens (tertiary/aromatic N) is 2. The summed E-state index contributed by atoms with van der Waals surface area (Å²) in [4.78, 5) is 30.5. The van der Waals surface area contributed by atoms with Gasteiger partial charge in [-0.05, 0) is 140 Å². The molecule has 302 valence electrons. The molecule has 3 aromatic heterocycles. The highest BCUT2D eigenvalue weighted by molar-refractivity contribution is 6.00. The fourth-order valence-corrected chi connectivity index (χ4v) is 8.43. The van der Waals surface area contributed by atoms with Gasteiger partial charge < -0.3 is 19.4 Å². The van der Waals surface area contributed by atoms with E-state index < -0.39 is 0 Å². The molecule has 2 aliphatic rings. The van der Waals surface area contributed by atoms with Gasteiger partial charge in [-0.1, -0.05) is 84.9 Å². The number of nitrogens with one attached hydrogen (secondary N) is 2. The van der Waals surface area contributed by atoms with Gasteiger partial charge in [0.15, 0.2) is 0 Å². The maximum atomic E-state index is 11.8. The summed E-state index contributed by atoms with van der Waals surface area (Å²) in [5.41, 5.74) is 19.2. The molecular weight excluding hydrogens is 753 g/mol. The number of fused-ring (bicyclic) bond motifs is 8. The van der Waals surface area contributed by atoms with Crippen molar-refractivity contribution >= 4 is 52.3 Å². The van der Waals surface area contributed by atoms with Crippen molar-refractivity contribution in [3.63, 3.8) is 0 Å². The molecule has 61 heavy (non-hydrogen) atoms. The normalized spacial score (nSPS) is 11.9. The largest absolute Gasteiger partial charge is 0.494 e. The fraction of sp³-hybridized carbons (Fsp3) is 0.167. The molecule has 0 saturated heterocycles. The zero-order valence-electron chi connectivity index (χ0n) is 35.0. The number of aromatic nitrogens is 4. The molecule has 2 aliphatic heterocycles. The number of carbonyl (C=O) groups excluding carboxylic acids is 1. The fourth-order valence-electron chi connectivity index (χ4n) is 8.43. The van der Waals surface area contributed by atoms with Gasteiger partial charge in [0.2, 0.25) is 0 Å². The van der Waals surface area contributed by atoms with Crippen LogP contribution in [0.5, 0.6) is 5.75 Å². The van der Waals surface area contributed by atoms with Gasteiger partial charge in [-0.3, -0.25) is 4.79 Å². The first-order valence-corrected chi connectivity index (χ1v) is 21.1. The molecule has 0 amide bonds. The Bertz CT molecular complexity index is 2980. The van der Waals surface area contributed by atoms with Crippen molar-refractivity contribution in [3.05, 3.63) is 161 Å². The van der Waals surface area contributed by atoms with Crippen molar-refractivity contribution in [2.45, 2.75) is 47.0 Å². The Hall–Kier alpha value is -7.25. The van der Waals surface area contributed by atoms with E-state index in [-0.39, 0.29) is 5.97 Å². The van der Waals surface area contributed by atoms with Crippen LogP contribution in [0.2, 0.25) is 0 Å². The average molecular weight is 801 g/mol. The van der Waals surface area contributed by atoms with E-state index in [0.717, 1.165) is 119 Å². The van der Waals surface area contributed by atoms with Gasteiger partial charge in [0.1, 0.15) is 5.75 Å². The lowest BCUT2D eigenvalue weighted by Gasteiger charge is -2.10. The smallest absolute Gasteiger partial charge is 0.305 e. The van der Waals surface area contributed by atoms with Crippen molar-refractivity contribution < 1.29 is 14.3 Å². The first-order chi connectivity index (χ1) is 29.9. The Morgan fingerprint density at radius 3 is 1.34 bits per heavy atom. The van der Waals surface area contributed by atoms with Crippen LogP contribution in [0, 0.1) is 20.8 Å². The van der Waals surface area contributed by atoms with Crippen LogP contribution in [0.15, 0.2) is 121 Å². The molecule has 7 nitrogen and oxygen atoms in total. The maximum Gasteiger partial charge on any atom is 0.305 e. The molecule has 4 aromatic carbocycles. The van der Waals surface area contributed by atoms with Crippen LogP contribution in [0.3, 0.4) is 0 Å².